The first-order valence-electron chi connectivity index (χ1n) is 31.8. The lowest BCUT2D eigenvalue weighted by Gasteiger charge is -2.22. The molecule has 6 nitrogen and oxygen atoms in total. The number of nitrogens with one attached hydrogen (secondary N) is 1. The Hall–Kier alpha value is -1.14. The Morgan fingerprint density at radius 3 is 0.884 bits per heavy atom. The minimum absolute atomic E-state index is 0.00812. The fraction of sp³-hybridized carbons (Fsp3) is 0.968. The third kappa shape index (κ3) is 56.0. The van der Waals surface area contributed by atoms with Gasteiger partial charge in [0.05, 0.1) is 25.4 Å². The van der Waals surface area contributed by atoms with Gasteiger partial charge in [-0.15, -0.1) is 0 Å². The smallest absolute Gasteiger partial charge is 0.305 e. The molecule has 0 aliphatic heterocycles. The van der Waals surface area contributed by atoms with Crippen LogP contribution < -0.4 is 5.32 Å². The van der Waals surface area contributed by atoms with Crippen molar-refractivity contribution in [3.8, 4) is 0 Å². The molecule has 0 aliphatic carbocycles. The maximum atomic E-state index is 12.5. The molecule has 0 radical (unpaired) electrons. The molecule has 0 saturated carbocycles. The van der Waals surface area contributed by atoms with Crippen LogP contribution in [-0.4, -0.2) is 47.4 Å². The molecule has 0 aromatic carbocycles. The third-order valence-corrected chi connectivity index (χ3v) is 15.2. The van der Waals surface area contributed by atoms with Crippen LogP contribution in [0.4, 0.5) is 0 Å². The standard InChI is InChI=1S/C63H125NO5/c1-3-5-7-9-11-13-15-17-19-21-22-23-24-27-31-35-39-43-47-51-55-61(66)60(59-65)64-62(67)56-52-48-44-40-36-32-28-25-26-30-34-38-42-46-50-54-58-69-63(68)57-53-49-45-41-37-33-29-20-18-16-14-12-10-8-6-4-2/h60-61,65-66H,3-59H2,1-2H3,(H,64,67). The highest BCUT2D eigenvalue weighted by molar-refractivity contribution is 5.76. The first-order chi connectivity index (χ1) is 34.0. The molecule has 0 aromatic rings. The van der Waals surface area contributed by atoms with Gasteiger partial charge in [-0.1, -0.05) is 328 Å². The lowest BCUT2D eigenvalue weighted by Crippen LogP contribution is -2.45. The zero-order valence-corrected chi connectivity index (χ0v) is 47.1. The van der Waals surface area contributed by atoms with Crippen LogP contribution >= 0.6 is 0 Å². The Kier molecular flexibility index (Phi) is 58.4. The molecule has 69 heavy (non-hydrogen) atoms. The van der Waals surface area contributed by atoms with Gasteiger partial charge >= 0.3 is 5.97 Å². The van der Waals surface area contributed by atoms with Crippen molar-refractivity contribution < 1.29 is 24.5 Å². The van der Waals surface area contributed by atoms with Gasteiger partial charge in [0.15, 0.2) is 0 Å². The Morgan fingerprint density at radius 1 is 0.348 bits per heavy atom. The number of aliphatic hydroxyl groups excluding tert-OH is 2. The summed E-state index contributed by atoms with van der Waals surface area (Å²) in [5.41, 5.74) is 0. The fourth-order valence-corrected chi connectivity index (χ4v) is 10.3. The number of ether oxygens (including phenoxy) is 1. The maximum absolute atomic E-state index is 12.5. The molecule has 1 amide bonds. The van der Waals surface area contributed by atoms with Crippen molar-refractivity contribution in [3.05, 3.63) is 0 Å². The summed E-state index contributed by atoms with van der Waals surface area (Å²) in [4.78, 5) is 24.6. The largest absolute Gasteiger partial charge is 0.466 e. The summed E-state index contributed by atoms with van der Waals surface area (Å²) in [5, 5.41) is 23.4. The second-order valence-corrected chi connectivity index (χ2v) is 22.1. The van der Waals surface area contributed by atoms with E-state index in [1.165, 1.54) is 295 Å². The van der Waals surface area contributed by atoms with E-state index in [-0.39, 0.29) is 18.5 Å². The average molecular weight is 977 g/mol. The Labute approximate surface area is 432 Å². The molecular weight excluding hydrogens is 851 g/mol. The van der Waals surface area contributed by atoms with Crippen molar-refractivity contribution in [2.45, 2.75) is 379 Å². The van der Waals surface area contributed by atoms with Crippen molar-refractivity contribution in [2.24, 2.45) is 0 Å². The van der Waals surface area contributed by atoms with Gasteiger partial charge in [0.2, 0.25) is 5.91 Å². The average Bonchev–Trinajstić information content (AvgIpc) is 3.35. The number of aliphatic hydroxyl groups is 2. The first kappa shape index (κ1) is 67.9. The van der Waals surface area contributed by atoms with Crippen LogP contribution in [0.15, 0.2) is 0 Å². The monoisotopic (exact) mass is 976 g/mol. The zero-order chi connectivity index (χ0) is 50.0. The van der Waals surface area contributed by atoms with E-state index in [4.69, 9.17) is 4.74 Å². The predicted molar refractivity (Wildman–Crippen MR) is 301 cm³/mol. The van der Waals surface area contributed by atoms with E-state index >= 15 is 0 Å². The second-order valence-electron chi connectivity index (χ2n) is 22.1. The molecule has 2 atom stereocenters. The van der Waals surface area contributed by atoms with E-state index < -0.39 is 12.1 Å². The first-order valence-corrected chi connectivity index (χ1v) is 31.8. The Bertz CT molecular complexity index is 990. The molecule has 0 aromatic heterocycles. The summed E-state index contributed by atoms with van der Waals surface area (Å²) in [5.74, 6) is -0.0289. The van der Waals surface area contributed by atoms with Gasteiger partial charge < -0.3 is 20.3 Å². The number of unbranched alkanes of at least 4 members (excludes halogenated alkanes) is 49. The molecule has 0 bridgehead atoms. The number of carbonyl (C=O) groups excluding carboxylic acids is 2. The van der Waals surface area contributed by atoms with Gasteiger partial charge in [-0.2, -0.15) is 0 Å². The summed E-state index contributed by atoms with van der Waals surface area (Å²) in [7, 11) is 0. The van der Waals surface area contributed by atoms with Crippen LogP contribution in [0.1, 0.15) is 367 Å². The molecule has 0 heterocycles. The van der Waals surface area contributed by atoms with Gasteiger partial charge in [0.25, 0.3) is 0 Å². The molecule has 0 fully saturated rings. The number of hydrogen-bond donors (Lipinski definition) is 3. The minimum atomic E-state index is -0.668. The van der Waals surface area contributed by atoms with Crippen LogP contribution in [0.5, 0.6) is 0 Å². The highest BCUT2D eigenvalue weighted by Crippen LogP contribution is 2.19. The lowest BCUT2D eigenvalue weighted by atomic mass is 10.0. The van der Waals surface area contributed by atoms with Gasteiger partial charge in [0.1, 0.15) is 0 Å². The van der Waals surface area contributed by atoms with Gasteiger partial charge in [-0.3, -0.25) is 9.59 Å². The predicted octanol–water partition coefficient (Wildman–Crippen LogP) is 19.9. The maximum Gasteiger partial charge on any atom is 0.305 e. The molecule has 412 valence electrons. The van der Waals surface area contributed by atoms with Gasteiger partial charge in [0, 0.05) is 12.8 Å². The molecule has 3 N–H and O–H groups in total. The van der Waals surface area contributed by atoms with Crippen molar-refractivity contribution in [1.82, 2.24) is 5.32 Å². The van der Waals surface area contributed by atoms with E-state index in [9.17, 15) is 19.8 Å². The van der Waals surface area contributed by atoms with Crippen LogP contribution in [0, 0.1) is 0 Å². The molecular formula is C63H125NO5. The quantitative estimate of drug-likeness (QED) is 0.0417. The van der Waals surface area contributed by atoms with Gasteiger partial charge in [-0.25, -0.2) is 0 Å². The van der Waals surface area contributed by atoms with Crippen LogP contribution in [0.2, 0.25) is 0 Å². The van der Waals surface area contributed by atoms with Crippen molar-refractivity contribution in [2.75, 3.05) is 13.2 Å². The summed E-state index contributed by atoms with van der Waals surface area (Å²) in [6, 6.07) is -0.546. The molecule has 6 heteroatoms. The van der Waals surface area contributed by atoms with Crippen LogP contribution in [0.25, 0.3) is 0 Å². The second kappa shape index (κ2) is 59.4. The van der Waals surface area contributed by atoms with Crippen molar-refractivity contribution in [3.63, 3.8) is 0 Å². The van der Waals surface area contributed by atoms with Gasteiger partial charge in [-0.05, 0) is 25.7 Å². The normalized spacial score (nSPS) is 12.5. The number of amides is 1. The molecule has 2 unspecified atom stereocenters. The molecule has 0 rings (SSSR count). The third-order valence-electron chi connectivity index (χ3n) is 15.2. The number of carbonyl (C=O) groups is 2. The number of hydrogen-bond acceptors (Lipinski definition) is 5. The van der Waals surface area contributed by atoms with Crippen molar-refractivity contribution >= 4 is 11.9 Å². The molecule has 0 aliphatic rings. The van der Waals surface area contributed by atoms with E-state index in [1.807, 2.05) is 0 Å². The minimum Gasteiger partial charge on any atom is -0.466 e. The Morgan fingerprint density at radius 2 is 0.594 bits per heavy atom. The summed E-state index contributed by atoms with van der Waals surface area (Å²) in [6.45, 7) is 4.98. The van der Waals surface area contributed by atoms with Crippen LogP contribution in [0.3, 0.4) is 0 Å². The number of esters is 1. The zero-order valence-electron chi connectivity index (χ0n) is 47.1. The highest BCUT2D eigenvalue weighted by Gasteiger charge is 2.20. The summed E-state index contributed by atoms with van der Waals surface area (Å²) < 4.78 is 5.49. The molecule has 0 spiro atoms. The Balaban J connectivity index is 3.40. The van der Waals surface area contributed by atoms with E-state index in [0.29, 0.717) is 25.9 Å². The fourth-order valence-electron chi connectivity index (χ4n) is 10.3. The topological polar surface area (TPSA) is 95.9 Å². The molecule has 0 saturated heterocycles. The number of rotatable bonds is 60. The van der Waals surface area contributed by atoms with Crippen molar-refractivity contribution in [1.29, 1.82) is 0 Å². The van der Waals surface area contributed by atoms with Crippen LogP contribution in [-0.2, 0) is 14.3 Å². The van der Waals surface area contributed by atoms with E-state index in [0.717, 1.165) is 38.5 Å². The lowest BCUT2D eigenvalue weighted by molar-refractivity contribution is -0.143. The SMILES string of the molecule is CCCCCCCCCCCCCCCCCCCCCCC(O)C(CO)NC(=O)CCCCCCCCCCCCCCCCCCOC(=O)CCCCCCCCCCCCCCCCCC. The highest BCUT2D eigenvalue weighted by atomic mass is 16.5. The summed E-state index contributed by atoms with van der Waals surface area (Å²) >= 11 is 0. The van der Waals surface area contributed by atoms with E-state index in [1.54, 1.807) is 0 Å². The van der Waals surface area contributed by atoms with E-state index in [2.05, 4.69) is 19.2 Å². The summed E-state index contributed by atoms with van der Waals surface area (Å²) in [6.07, 6.45) is 69.6.